The van der Waals surface area contributed by atoms with Crippen molar-refractivity contribution in [2.45, 2.75) is 13.3 Å². The number of hydrogen-bond acceptors (Lipinski definition) is 3. The van der Waals surface area contributed by atoms with Gasteiger partial charge in [-0.05, 0) is 44.0 Å². The molecular formula is C14H22N2O. The molecule has 1 aliphatic rings. The first-order chi connectivity index (χ1) is 8.29. The minimum Gasteiger partial charge on any atom is -0.492 e. The molecule has 1 aromatic carbocycles. The summed E-state index contributed by atoms with van der Waals surface area (Å²) in [5, 5.41) is 0. The summed E-state index contributed by atoms with van der Waals surface area (Å²) in [5.74, 6) is 1.69. The lowest BCUT2D eigenvalue weighted by Gasteiger charge is -2.16. The molecule has 1 aliphatic heterocycles. The quantitative estimate of drug-likeness (QED) is 0.842. The monoisotopic (exact) mass is 234 g/mol. The predicted molar refractivity (Wildman–Crippen MR) is 70.3 cm³/mol. The van der Waals surface area contributed by atoms with Crippen LogP contribution in [0, 0.1) is 12.8 Å². The number of hydrogen-bond donors (Lipinski definition) is 1. The zero-order valence-corrected chi connectivity index (χ0v) is 10.6. The SMILES string of the molecule is Cc1ccccc1OCCN1CCC(CN)C1. The molecule has 1 aromatic rings. The van der Waals surface area contributed by atoms with Gasteiger partial charge in [0.2, 0.25) is 0 Å². The van der Waals surface area contributed by atoms with Crippen LogP contribution in [0.5, 0.6) is 5.75 Å². The smallest absolute Gasteiger partial charge is 0.122 e. The Morgan fingerprint density at radius 2 is 2.24 bits per heavy atom. The molecule has 2 N–H and O–H groups in total. The summed E-state index contributed by atoms with van der Waals surface area (Å²) in [6.45, 7) is 6.96. The van der Waals surface area contributed by atoms with E-state index in [1.165, 1.54) is 18.5 Å². The Morgan fingerprint density at radius 1 is 1.41 bits per heavy atom. The van der Waals surface area contributed by atoms with Crippen LogP contribution in [-0.2, 0) is 0 Å². The number of nitrogens with two attached hydrogens (primary N) is 1. The van der Waals surface area contributed by atoms with Crippen LogP contribution in [0.15, 0.2) is 24.3 Å². The molecular weight excluding hydrogens is 212 g/mol. The number of rotatable bonds is 5. The molecule has 0 saturated carbocycles. The zero-order valence-electron chi connectivity index (χ0n) is 10.6. The summed E-state index contributed by atoms with van der Waals surface area (Å²) >= 11 is 0. The Kier molecular flexibility index (Phi) is 4.40. The van der Waals surface area contributed by atoms with Crippen LogP contribution in [-0.4, -0.2) is 37.7 Å². The molecule has 2 rings (SSSR count). The van der Waals surface area contributed by atoms with Crippen molar-refractivity contribution in [1.29, 1.82) is 0 Å². The minimum atomic E-state index is 0.688. The summed E-state index contributed by atoms with van der Waals surface area (Å²) in [5.41, 5.74) is 6.88. The van der Waals surface area contributed by atoms with Crippen LogP contribution in [0.2, 0.25) is 0 Å². The van der Waals surface area contributed by atoms with Gasteiger partial charge in [-0.15, -0.1) is 0 Å². The van der Waals surface area contributed by atoms with Gasteiger partial charge in [-0.25, -0.2) is 0 Å². The number of aryl methyl sites for hydroxylation is 1. The van der Waals surface area contributed by atoms with Crippen molar-refractivity contribution < 1.29 is 4.74 Å². The molecule has 1 saturated heterocycles. The van der Waals surface area contributed by atoms with E-state index in [9.17, 15) is 0 Å². The molecule has 3 heteroatoms. The molecule has 3 nitrogen and oxygen atoms in total. The highest BCUT2D eigenvalue weighted by Crippen LogP contribution is 2.17. The van der Waals surface area contributed by atoms with E-state index in [1.54, 1.807) is 0 Å². The van der Waals surface area contributed by atoms with Crippen LogP contribution in [0.4, 0.5) is 0 Å². The van der Waals surface area contributed by atoms with Gasteiger partial charge in [-0.1, -0.05) is 18.2 Å². The van der Waals surface area contributed by atoms with E-state index >= 15 is 0 Å². The zero-order chi connectivity index (χ0) is 12.1. The Morgan fingerprint density at radius 3 is 2.94 bits per heavy atom. The first-order valence-corrected chi connectivity index (χ1v) is 6.40. The summed E-state index contributed by atoms with van der Waals surface area (Å²) in [4.78, 5) is 2.44. The molecule has 1 heterocycles. The van der Waals surface area contributed by atoms with Gasteiger partial charge < -0.3 is 10.5 Å². The fraction of sp³-hybridized carbons (Fsp3) is 0.571. The van der Waals surface area contributed by atoms with Crippen molar-refractivity contribution in [1.82, 2.24) is 4.90 Å². The second kappa shape index (κ2) is 6.03. The summed E-state index contributed by atoms with van der Waals surface area (Å²) in [6, 6.07) is 8.16. The summed E-state index contributed by atoms with van der Waals surface area (Å²) in [7, 11) is 0. The average molecular weight is 234 g/mol. The third-order valence-corrected chi connectivity index (χ3v) is 3.46. The van der Waals surface area contributed by atoms with E-state index in [1.807, 2.05) is 18.2 Å². The van der Waals surface area contributed by atoms with Gasteiger partial charge in [0.15, 0.2) is 0 Å². The van der Waals surface area contributed by atoms with Crippen LogP contribution >= 0.6 is 0 Å². The maximum Gasteiger partial charge on any atom is 0.122 e. The molecule has 1 fully saturated rings. The van der Waals surface area contributed by atoms with Crippen molar-refractivity contribution in [3.8, 4) is 5.75 Å². The molecule has 0 bridgehead atoms. The van der Waals surface area contributed by atoms with Gasteiger partial charge in [-0.2, -0.15) is 0 Å². The summed E-state index contributed by atoms with van der Waals surface area (Å²) < 4.78 is 5.79. The average Bonchev–Trinajstić information content (AvgIpc) is 2.80. The molecule has 0 aromatic heterocycles. The lowest BCUT2D eigenvalue weighted by atomic mass is 10.1. The van der Waals surface area contributed by atoms with Crippen molar-refractivity contribution in [3.63, 3.8) is 0 Å². The van der Waals surface area contributed by atoms with Crippen molar-refractivity contribution >= 4 is 0 Å². The third-order valence-electron chi connectivity index (χ3n) is 3.46. The van der Waals surface area contributed by atoms with E-state index in [0.29, 0.717) is 5.92 Å². The van der Waals surface area contributed by atoms with Crippen molar-refractivity contribution in [3.05, 3.63) is 29.8 Å². The third kappa shape index (κ3) is 3.45. The van der Waals surface area contributed by atoms with Crippen molar-refractivity contribution in [2.24, 2.45) is 11.7 Å². The molecule has 0 radical (unpaired) electrons. The Hall–Kier alpha value is -1.06. The first-order valence-electron chi connectivity index (χ1n) is 6.40. The largest absolute Gasteiger partial charge is 0.492 e. The highest BCUT2D eigenvalue weighted by Gasteiger charge is 2.20. The number of benzene rings is 1. The lowest BCUT2D eigenvalue weighted by molar-refractivity contribution is 0.232. The van der Waals surface area contributed by atoms with Gasteiger partial charge in [0.05, 0.1) is 0 Å². The Bertz CT molecular complexity index is 354. The lowest BCUT2D eigenvalue weighted by Crippen LogP contribution is -2.27. The fourth-order valence-corrected chi connectivity index (χ4v) is 2.31. The fourth-order valence-electron chi connectivity index (χ4n) is 2.31. The number of para-hydroxylation sites is 1. The standard InChI is InChI=1S/C14H22N2O/c1-12-4-2-3-5-14(12)17-9-8-16-7-6-13(10-15)11-16/h2-5,13H,6-11,15H2,1H3. The Balaban J connectivity index is 1.72. The molecule has 94 valence electrons. The number of ether oxygens (including phenoxy) is 1. The highest BCUT2D eigenvalue weighted by atomic mass is 16.5. The first kappa shape index (κ1) is 12.4. The second-order valence-corrected chi connectivity index (χ2v) is 4.80. The maximum atomic E-state index is 5.79. The van der Waals surface area contributed by atoms with Gasteiger partial charge in [0.25, 0.3) is 0 Å². The van der Waals surface area contributed by atoms with Gasteiger partial charge in [0.1, 0.15) is 12.4 Å². The maximum absolute atomic E-state index is 5.79. The van der Waals surface area contributed by atoms with E-state index in [0.717, 1.165) is 32.0 Å². The van der Waals surface area contributed by atoms with Gasteiger partial charge in [-0.3, -0.25) is 4.90 Å². The molecule has 0 aliphatic carbocycles. The normalized spacial score (nSPS) is 20.7. The predicted octanol–water partition coefficient (Wildman–Crippen LogP) is 1.65. The van der Waals surface area contributed by atoms with E-state index < -0.39 is 0 Å². The van der Waals surface area contributed by atoms with E-state index in [-0.39, 0.29) is 0 Å². The van der Waals surface area contributed by atoms with Crippen LogP contribution in [0.1, 0.15) is 12.0 Å². The van der Waals surface area contributed by atoms with Crippen LogP contribution in [0.25, 0.3) is 0 Å². The topological polar surface area (TPSA) is 38.5 Å². The Labute approximate surface area is 104 Å². The summed E-state index contributed by atoms with van der Waals surface area (Å²) in [6.07, 6.45) is 1.24. The van der Waals surface area contributed by atoms with E-state index in [4.69, 9.17) is 10.5 Å². The van der Waals surface area contributed by atoms with Crippen LogP contribution in [0.3, 0.4) is 0 Å². The van der Waals surface area contributed by atoms with Gasteiger partial charge in [0, 0.05) is 13.1 Å². The molecule has 17 heavy (non-hydrogen) atoms. The molecule has 1 unspecified atom stereocenters. The number of nitrogens with zero attached hydrogens (tertiary/aromatic N) is 1. The molecule has 1 atom stereocenters. The molecule has 0 amide bonds. The number of likely N-dealkylation sites (tertiary alicyclic amines) is 1. The van der Waals surface area contributed by atoms with E-state index in [2.05, 4.69) is 17.9 Å². The molecule has 0 spiro atoms. The van der Waals surface area contributed by atoms with Gasteiger partial charge >= 0.3 is 0 Å². The minimum absolute atomic E-state index is 0.688. The highest BCUT2D eigenvalue weighted by molar-refractivity contribution is 5.31. The van der Waals surface area contributed by atoms with Crippen LogP contribution < -0.4 is 10.5 Å². The second-order valence-electron chi connectivity index (χ2n) is 4.80. The van der Waals surface area contributed by atoms with Crippen molar-refractivity contribution in [2.75, 3.05) is 32.8 Å².